The van der Waals surface area contributed by atoms with Gasteiger partial charge in [0.05, 0.1) is 29.2 Å². The number of carbonyl (C=O) groups excluding carboxylic acids is 1. The van der Waals surface area contributed by atoms with E-state index < -0.39 is 0 Å². The molecular formula is C20H18FN5O. The van der Waals surface area contributed by atoms with E-state index in [9.17, 15) is 9.18 Å². The number of rotatable bonds is 3. The lowest BCUT2D eigenvalue weighted by atomic mass is 10.1. The molecule has 0 atom stereocenters. The minimum absolute atomic E-state index is 0.196. The molecule has 27 heavy (non-hydrogen) atoms. The van der Waals surface area contributed by atoms with Crippen LogP contribution in [0.15, 0.2) is 42.7 Å². The second kappa shape index (κ2) is 6.42. The van der Waals surface area contributed by atoms with E-state index in [4.69, 9.17) is 0 Å². The van der Waals surface area contributed by atoms with Gasteiger partial charge in [0, 0.05) is 28.6 Å². The van der Waals surface area contributed by atoms with Crippen molar-refractivity contribution in [2.24, 2.45) is 0 Å². The Morgan fingerprint density at radius 3 is 2.78 bits per heavy atom. The summed E-state index contributed by atoms with van der Waals surface area (Å²) in [5, 5.41) is 8.64. The molecule has 6 nitrogen and oxygen atoms in total. The molecule has 4 rings (SSSR count). The fourth-order valence-electron chi connectivity index (χ4n) is 3.11. The van der Waals surface area contributed by atoms with Gasteiger partial charge in [0.25, 0.3) is 5.91 Å². The van der Waals surface area contributed by atoms with Gasteiger partial charge in [-0.1, -0.05) is 0 Å². The molecule has 7 heteroatoms. The average Bonchev–Trinajstić information content (AvgIpc) is 3.04. The molecular weight excluding hydrogens is 345 g/mol. The molecule has 0 aliphatic heterocycles. The molecule has 1 aromatic carbocycles. The van der Waals surface area contributed by atoms with Crippen LogP contribution in [0.5, 0.6) is 0 Å². The largest absolute Gasteiger partial charge is 0.321 e. The van der Waals surface area contributed by atoms with Gasteiger partial charge in [-0.15, -0.1) is 0 Å². The van der Waals surface area contributed by atoms with Crippen LogP contribution in [-0.2, 0) is 0 Å². The van der Waals surface area contributed by atoms with Crippen molar-refractivity contribution in [3.63, 3.8) is 0 Å². The van der Waals surface area contributed by atoms with Crippen molar-refractivity contribution in [1.29, 1.82) is 0 Å². The number of anilines is 1. The Kier molecular flexibility index (Phi) is 4.07. The van der Waals surface area contributed by atoms with E-state index in [-0.39, 0.29) is 17.8 Å². The SMILES string of the molecule is Cc1cc(C(=O)Nc2cnc3c(cnn3C(C)C)c2)c2ccc(F)cc2n1. The molecule has 0 spiro atoms. The summed E-state index contributed by atoms with van der Waals surface area (Å²) < 4.78 is 15.3. The number of aryl methyl sites for hydroxylation is 1. The highest BCUT2D eigenvalue weighted by Gasteiger charge is 2.14. The van der Waals surface area contributed by atoms with E-state index >= 15 is 0 Å². The minimum Gasteiger partial charge on any atom is -0.321 e. The zero-order valence-corrected chi connectivity index (χ0v) is 15.2. The molecule has 136 valence electrons. The van der Waals surface area contributed by atoms with Gasteiger partial charge >= 0.3 is 0 Å². The summed E-state index contributed by atoms with van der Waals surface area (Å²) in [6, 6.07) is 7.94. The second-order valence-corrected chi connectivity index (χ2v) is 6.75. The summed E-state index contributed by atoms with van der Waals surface area (Å²) in [5.41, 5.74) is 2.87. The Morgan fingerprint density at radius 2 is 2.00 bits per heavy atom. The van der Waals surface area contributed by atoms with Gasteiger partial charge in [0.2, 0.25) is 0 Å². The highest BCUT2D eigenvalue weighted by atomic mass is 19.1. The number of fused-ring (bicyclic) bond motifs is 2. The van der Waals surface area contributed by atoms with Crippen molar-refractivity contribution >= 4 is 33.5 Å². The smallest absolute Gasteiger partial charge is 0.256 e. The maximum Gasteiger partial charge on any atom is 0.256 e. The van der Waals surface area contributed by atoms with Crippen LogP contribution in [0.3, 0.4) is 0 Å². The monoisotopic (exact) mass is 363 g/mol. The Labute approximate surface area is 155 Å². The lowest BCUT2D eigenvalue weighted by molar-refractivity contribution is 0.102. The van der Waals surface area contributed by atoms with Gasteiger partial charge in [0.1, 0.15) is 5.82 Å². The summed E-state index contributed by atoms with van der Waals surface area (Å²) in [7, 11) is 0. The summed E-state index contributed by atoms with van der Waals surface area (Å²) in [6.07, 6.45) is 3.34. The maximum absolute atomic E-state index is 13.5. The van der Waals surface area contributed by atoms with E-state index in [1.165, 1.54) is 12.1 Å². The van der Waals surface area contributed by atoms with Crippen molar-refractivity contribution in [2.45, 2.75) is 26.8 Å². The molecule has 0 aliphatic carbocycles. The normalized spacial score (nSPS) is 11.4. The van der Waals surface area contributed by atoms with E-state index in [2.05, 4.69) is 20.4 Å². The number of nitrogens with zero attached hydrogens (tertiary/aromatic N) is 4. The number of hydrogen-bond acceptors (Lipinski definition) is 4. The molecule has 0 fully saturated rings. The molecule has 0 unspecified atom stereocenters. The molecule has 0 saturated heterocycles. The van der Waals surface area contributed by atoms with Crippen molar-refractivity contribution in [3.8, 4) is 0 Å². The molecule has 0 bridgehead atoms. The molecule has 4 aromatic rings. The third-order valence-corrected chi connectivity index (χ3v) is 4.32. The predicted molar refractivity (Wildman–Crippen MR) is 102 cm³/mol. The first-order valence-corrected chi connectivity index (χ1v) is 8.64. The van der Waals surface area contributed by atoms with Crippen LogP contribution in [0.4, 0.5) is 10.1 Å². The predicted octanol–water partition coefficient (Wildman–Crippen LogP) is 4.26. The number of benzene rings is 1. The number of carbonyl (C=O) groups is 1. The topological polar surface area (TPSA) is 72.7 Å². The van der Waals surface area contributed by atoms with Crippen LogP contribution >= 0.6 is 0 Å². The summed E-state index contributed by atoms with van der Waals surface area (Å²) in [4.78, 5) is 21.6. The molecule has 0 aliphatic rings. The summed E-state index contributed by atoms with van der Waals surface area (Å²) >= 11 is 0. The Balaban J connectivity index is 1.70. The lowest BCUT2D eigenvalue weighted by Gasteiger charge is -2.10. The number of halogens is 1. The Bertz CT molecular complexity index is 1180. The van der Waals surface area contributed by atoms with Gasteiger partial charge in [0.15, 0.2) is 5.65 Å². The second-order valence-electron chi connectivity index (χ2n) is 6.75. The number of pyridine rings is 2. The van der Waals surface area contributed by atoms with Gasteiger partial charge in [-0.2, -0.15) is 5.10 Å². The van der Waals surface area contributed by atoms with Crippen LogP contribution < -0.4 is 5.32 Å². The van der Waals surface area contributed by atoms with E-state index in [0.717, 1.165) is 11.0 Å². The van der Waals surface area contributed by atoms with Crippen molar-refractivity contribution in [2.75, 3.05) is 5.32 Å². The Morgan fingerprint density at radius 1 is 1.19 bits per heavy atom. The van der Waals surface area contributed by atoms with Crippen LogP contribution in [-0.4, -0.2) is 25.7 Å². The minimum atomic E-state index is -0.385. The van der Waals surface area contributed by atoms with E-state index in [0.29, 0.717) is 27.8 Å². The molecule has 0 radical (unpaired) electrons. The maximum atomic E-state index is 13.5. The van der Waals surface area contributed by atoms with Gasteiger partial charge < -0.3 is 5.32 Å². The lowest BCUT2D eigenvalue weighted by Crippen LogP contribution is -2.13. The zero-order valence-electron chi connectivity index (χ0n) is 15.2. The first kappa shape index (κ1) is 17.1. The molecule has 3 heterocycles. The molecule has 1 N–H and O–H groups in total. The molecule has 3 aromatic heterocycles. The van der Waals surface area contributed by atoms with Crippen LogP contribution in [0.1, 0.15) is 35.9 Å². The fraction of sp³-hybridized carbons (Fsp3) is 0.200. The van der Waals surface area contributed by atoms with E-state index in [1.54, 1.807) is 31.5 Å². The van der Waals surface area contributed by atoms with Crippen molar-refractivity contribution in [3.05, 3.63) is 59.8 Å². The van der Waals surface area contributed by atoms with Gasteiger partial charge in [-0.05, 0) is 45.0 Å². The Hall–Kier alpha value is -3.35. The van der Waals surface area contributed by atoms with Crippen LogP contribution in [0.2, 0.25) is 0 Å². The fourth-order valence-corrected chi connectivity index (χ4v) is 3.11. The van der Waals surface area contributed by atoms with Crippen molar-refractivity contribution < 1.29 is 9.18 Å². The number of aromatic nitrogens is 4. The number of nitrogens with one attached hydrogen (secondary N) is 1. The highest BCUT2D eigenvalue weighted by molar-refractivity contribution is 6.12. The summed E-state index contributed by atoms with van der Waals surface area (Å²) in [5.74, 6) is -0.682. The number of amides is 1. The third kappa shape index (κ3) is 3.12. The highest BCUT2D eigenvalue weighted by Crippen LogP contribution is 2.23. The van der Waals surface area contributed by atoms with E-state index in [1.807, 2.05) is 24.6 Å². The molecule has 1 amide bonds. The first-order valence-electron chi connectivity index (χ1n) is 8.64. The van der Waals surface area contributed by atoms with Crippen LogP contribution in [0, 0.1) is 12.7 Å². The average molecular weight is 363 g/mol. The first-order chi connectivity index (χ1) is 12.9. The van der Waals surface area contributed by atoms with Gasteiger partial charge in [-0.3, -0.25) is 9.78 Å². The number of hydrogen-bond donors (Lipinski definition) is 1. The molecule has 0 saturated carbocycles. The third-order valence-electron chi connectivity index (χ3n) is 4.32. The van der Waals surface area contributed by atoms with Gasteiger partial charge in [-0.25, -0.2) is 14.1 Å². The summed E-state index contributed by atoms with van der Waals surface area (Å²) in [6.45, 7) is 5.84. The quantitative estimate of drug-likeness (QED) is 0.590. The van der Waals surface area contributed by atoms with Crippen molar-refractivity contribution in [1.82, 2.24) is 19.7 Å². The zero-order chi connectivity index (χ0) is 19.1. The van der Waals surface area contributed by atoms with Crippen LogP contribution in [0.25, 0.3) is 21.9 Å². The standard InChI is InChI=1S/C20H18FN5O/c1-11(2)26-19-13(9-23-26)7-15(10-22-19)25-20(27)17-6-12(3)24-18-8-14(21)4-5-16(17)18/h4-11H,1-3H3,(H,25,27).